The Morgan fingerprint density at radius 3 is 2.67 bits per heavy atom. The molecule has 2 aromatic rings. The first kappa shape index (κ1) is 13.4. The van der Waals surface area contributed by atoms with E-state index in [9.17, 15) is 4.79 Å². The van der Waals surface area contributed by atoms with Crippen LogP contribution in [0.1, 0.15) is 0 Å². The van der Waals surface area contributed by atoms with Crippen molar-refractivity contribution >= 4 is 46.5 Å². The number of benzene rings is 1. The van der Waals surface area contributed by atoms with Crippen LogP contribution in [0.25, 0.3) is 0 Å². The van der Waals surface area contributed by atoms with Crippen molar-refractivity contribution in [2.24, 2.45) is 0 Å². The number of anilines is 1. The van der Waals surface area contributed by atoms with E-state index in [1.165, 1.54) is 23.1 Å². The van der Waals surface area contributed by atoms with Crippen LogP contribution in [0.15, 0.2) is 39.0 Å². The van der Waals surface area contributed by atoms with Crippen LogP contribution < -0.4 is 5.32 Å². The fourth-order valence-corrected chi connectivity index (χ4v) is 3.42. The lowest BCUT2D eigenvalue weighted by Gasteiger charge is -2.02. The number of para-hydroxylation sites is 1. The van der Waals surface area contributed by atoms with E-state index >= 15 is 0 Å². The first-order valence-corrected chi connectivity index (χ1v) is 8.16. The van der Waals surface area contributed by atoms with E-state index in [2.05, 4.69) is 15.5 Å². The molecule has 0 bridgehead atoms. The van der Waals surface area contributed by atoms with Crippen LogP contribution in [0.5, 0.6) is 0 Å². The maximum atomic E-state index is 11.7. The molecular weight excluding hydrogens is 286 g/mol. The Hall–Kier alpha value is -1.05. The SMILES string of the molecule is CSc1nnc(SCC(=O)Nc2ccccc2)s1. The zero-order chi connectivity index (χ0) is 12.8. The maximum Gasteiger partial charge on any atom is 0.234 e. The van der Waals surface area contributed by atoms with Gasteiger partial charge in [0.15, 0.2) is 8.68 Å². The molecule has 2 rings (SSSR count). The summed E-state index contributed by atoms with van der Waals surface area (Å²) in [5.74, 6) is 0.310. The smallest absolute Gasteiger partial charge is 0.234 e. The number of hydrogen-bond acceptors (Lipinski definition) is 6. The minimum atomic E-state index is -0.0351. The highest BCUT2D eigenvalue weighted by Crippen LogP contribution is 2.27. The number of nitrogens with zero attached hydrogens (tertiary/aromatic N) is 2. The first-order valence-electron chi connectivity index (χ1n) is 5.13. The third-order valence-corrected chi connectivity index (χ3v) is 4.98. The molecule has 0 aliphatic heterocycles. The van der Waals surface area contributed by atoms with Crippen LogP contribution in [-0.2, 0) is 4.79 Å². The van der Waals surface area contributed by atoms with E-state index in [-0.39, 0.29) is 5.91 Å². The molecule has 0 aliphatic carbocycles. The van der Waals surface area contributed by atoms with Crippen LogP contribution in [0.4, 0.5) is 5.69 Å². The molecule has 1 amide bonds. The largest absolute Gasteiger partial charge is 0.325 e. The van der Waals surface area contributed by atoms with Crippen molar-refractivity contribution < 1.29 is 4.79 Å². The first-order chi connectivity index (χ1) is 8.78. The quantitative estimate of drug-likeness (QED) is 0.860. The highest BCUT2D eigenvalue weighted by molar-refractivity contribution is 8.03. The zero-order valence-electron chi connectivity index (χ0n) is 9.62. The number of aromatic nitrogens is 2. The summed E-state index contributed by atoms with van der Waals surface area (Å²) < 4.78 is 1.74. The number of carbonyl (C=O) groups excluding carboxylic acids is 1. The summed E-state index contributed by atoms with van der Waals surface area (Å²) in [5, 5.41) is 10.8. The summed E-state index contributed by atoms with van der Waals surface area (Å²) >= 11 is 4.47. The maximum absolute atomic E-state index is 11.7. The highest BCUT2D eigenvalue weighted by Gasteiger charge is 2.07. The Morgan fingerprint density at radius 2 is 2.00 bits per heavy atom. The topological polar surface area (TPSA) is 54.9 Å². The molecule has 0 aliphatic rings. The summed E-state index contributed by atoms with van der Waals surface area (Å²) in [6, 6.07) is 9.41. The standard InChI is InChI=1S/C11H11N3OS3/c1-16-10-13-14-11(18-10)17-7-9(15)12-8-5-3-2-4-6-8/h2-6H,7H2,1H3,(H,12,15). The highest BCUT2D eigenvalue weighted by atomic mass is 32.2. The van der Waals surface area contributed by atoms with E-state index in [4.69, 9.17) is 0 Å². The van der Waals surface area contributed by atoms with E-state index in [0.29, 0.717) is 5.75 Å². The summed E-state index contributed by atoms with van der Waals surface area (Å²) in [6.07, 6.45) is 1.96. The van der Waals surface area contributed by atoms with Gasteiger partial charge >= 0.3 is 0 Å². The Balaban J connectivity index is 1.81. The van der Waals surface area contributed by atoms with Gasteiger partial charge in [-0.25, -0.2) is 0 Å². The van der Waals surface area contributed by atoms with Gasteiger partial charge in [-0.3, -0.25) is 4.79 Å². The molecule has 0 fully saturated rings. The minimum absolute atomic E-state index is 0.0351. The lowest BCUT2D eigenvalue weighted by Crippen LogP contribution is -2.13. The Kier molecular flexibility index (Phi) is 5.03. The number of nitrogens with one attached hydrogen (secondary N) is 1. The van der Waals surface area contributed by atoms with Gasteiger partial charge in [0.25, 0.3) is 0 Å². The van der Waals surface area contributed by atoms with Crippen LogP contribution in [0.3, 0.4) is 0 Å². The number of thioether (sulfide) groups is 2. The molecule has 1 aromatic heterocycles. The van der Waals surface area contributed by atoms with Crippen molar-refractivity contribution in [2.75, 3.05) is 17.3 Å². The van der Waals surface area contributed by atoms with Crippen molar-refractivity contribution in [3.8, 4) is 0 Å². The molecule has 0 spiro atoms. The monoisotopic (exact) mass is 297 g/mol. The van der Waals surface area contributed by atoms with E-state index in [1.54, 1.807) is 11.8 Å². The van der Waals surface area contributed by atoms with E-state index < -0.39 is 0 Å². The van der Waals surface area contributed by atoms with Gasteiger partial charge in [-0.2, -0.15) is 0 Å². The van der Waals surface area contributed by atoms with Crippen LogP contribution in [0, 0.1) is 0 Å². The van der Waals surface area contributed by atoms with Gasteiger partial charge in [0.2, 0.25) is 5.91 Å². The van der Waals surface area contributed by atoms with Crippen LogP contribution in [-0.4, -0.2) is 28.1 Å². The van der Waals surface area contributed by atoms with Gasteiger partial charge in [-0.15, -0.1) is 10.2 Å². The van der Waals surface area contributed by atoms with Crippen molar-refractivity contribution in [3.05, 3.63) is 30.3 Å². The molecule has 0 unspecified atom stereocenters. The summed E-state index contributed by atoms with van der Waals surface area (Å²) in [4.78, 5) is 11.7. The fraction of sp³-hybridized carbons (Fsp3) is 0.182. The van der Waals surface area contributed by atoms with E-state index in [0.717, 1.165) is 14.4 Å². The fourth-order valence-electron chi connectivity index (χ4n) is 1.18. The lowest BCUT2D eigenvalue weighted by atomic mass is 10.3. The minimum Gasteiger partial charge on any atom is -0.325 e. The number of rotatable bonds is 5. The number of amides is 1. The lowest BCUT2D eigenvalue weighted by molar-refractivity contribution is -0.113. The van der Waals surface area contributed by atoms with Crippen LogP contribution in [0.2, 0.25) is 0 Å². The summed E-state index contributed by atoms with van der Waals surface area (Å²) in [5.41, 5.74) is 0.810. The molecule has 0 radical (unpaired) electrons. The van der Waals surface area contributed by atoms with Gasteiger partial charge in [-0.1, -0.05) is 53.1 Å². The molecule has 4 nitrogen and oxygen atoms in total. The summed E-state index contributed by atoms with van der Waals surface area (Å²) in [6.45, 7) is 0. The molecule has 0 atom stereocenters. The van der Waals surface area contributed by atoms with Gasteiger partial charge in [0, 0.05) is 5.69 Å². The average Bonchev–Trinajstić information content (AvgIpc) is 2.85. The molecule has 0 saturated heterocycles. The third kappa shape index (κ3) is 4.01. The number of carbonyl (C=O) groups is 1. The molecule has 94 valence electrons. The third-order valence-electron chi connectivity index (χ3n) is 1.95. The molecule has 1 heterocycles. The van der Waals surface area contributed by atoms with Crippen LogP contribution >= 0.6 is 34.9 Å². The zero-order valence-corrected chi connectivity index (χ0v) is 12.1. The molecule has 1 N–H and O–H groups in total. The Labute approximate surface area is 118 Å². The predicted molar refractivity (Wildman–Crippen MR) is 77.5 cm³/mol. The van der Waals surface area contributed by atoms with Crippen molar-refractivity contribution in [3.63, 3.8) is 0 Å². The molecule has 1 aromatic carbocycles. The average molecular weight is 297 g/mol. The second-order valence-corrected chi connectivity index (χ2v) is 6.49. The Morgan fingerprint density at radius 1 is 1.28 bits per heavy atom. The number of hydrogen-bond donors (Lipinski definition) is 1. The van der Waals surface area contributed by atoms with Gasteiger partial charge in [0.05, 0.1) is 5.75 Å². The molecule has 0 saturated carbocycles. The second kappa shape index (κ2) is 6.77. The molecule has 18 heavy (non-hydrogen) atoms. The van der Waals surface area contributed by atoms with E-state index in [1.807, 2.05) is 36.6 Å². The Bertz CT molecular complexity index is 515. The summed E-state index contributed by atoms with van der Waals surface area (Å²) in [7, 11) is 0. The van der Waals surface area contributed by atoms with Crippen molar-refractivity contribution in [2.45, 2.75) is 8.68 Å². The van der Waals surface area contributed by atoms with Crippen molar-refractivity contribution in [1.82, 2.24) is 10.2 Å². The van der Waals surface area contributed by atoms with Crippen molar-refractivity contribution in [1.29, 1.82) is 0 Å². The normalized spacial score (nSPS) is 10.3. The molecular formula is C11H11N3OS3. The van der Waals surface area contributed by atoms with Gasteiger partial charge in [0.1, 0.15) is 0 Å². The van der Waals surface area contributed by atoms with Gasteiger partial charge in [-0.05, 0) is 18.4 Å². The predicted octanol–water partition coefficient (Wildman–Crippen LogP) is 2.99. The second-order valence-electron chi connectivity index (χ2n) is 3.24. The molecule has 7 heteroatoms. The van der Waals surface area contributed by atoms with Gasteiger partial charge < -0.3 is 5.32 Å².